The van der Waals surface area contributed by atoms with E-state index < -0.39 is 0 Å². The van der Waals surface area contributed by atoms with Crippen molar-refractivity contribution in [2.45, 2.75) is 26.2 Å². The Kier molecular flexibility index (Phi) is 2.55. The van der Waals surface area contributed by atoms with Gasteiger partial charge in [0.2, 0.25) is 0 Å². The van der Waals surface area contributed by atoms with E-state index in [4.69, 9.17) is 0 Å². The van der Waals surface area contributed by atoms with Crippen molar-refractivity contribution < 1.29 is 0 Å². The average Bonchev–Trinajstić information content (AvgIpc) is 2.31. The molecule has 0 amide bonds. The van der Waals surface area contributed by atoms with Crippen molar-refractivity contribution in [1.82, 2.24) is 4.57 Å². The summed E-state index contributed by atoms with van der Waals surface area (Å²) in [5.74, 6) is 0. The highest BCUT2D eigenvalue weighted by Crippen LogP contribution is 2.04. The Balaban J connectivity index is 2.42. The van der Waals surface area contributed by atoms with Crippen LogP contribution in [0.3, 0.4) is 0 Å². The van der Waals surface area contributed by atoms with E-state index in [0.29, 0.717) is 0 Å². The van der Waals surface area contributed by atoms with E-state index in [0.717, 1.165) is 0 Å². The van der Waals surface area contributed by atoms with Gasteiger partial charge in [-0.3, -0.25) is 0 Å². The molecule has 0 aliphatic rings. The summed E-state index contributed by atoms with van der Waals surface area (Å²) in [4.78, 5) is 0. The van der Waals surface area contributed by atoms with Gasteiger partial charge < -0.3 is 4.57 Å². The van der Waals surface area contributed by atoms with E-state index in [2.05, 4.69) is 37.0 Å². The summed E-state index contributed by atoms with van der Waals surface area (Å²) in [5.41, 5.74) is 1.46. The highest BCUT2D eigenvalue weighted by Gasteiger charge is 1.91. The van der Waals surface area contributed by atoms with E-state index in [-0.39, 0.29) is 0 Å². The monoisotopic (exact) mass is 137 g/mol. The fourth-order valence-electron chi connectivity index (χ4n) is 1.09. The number of hydrogen-bond acceptors (Lipinski definition) is 0. The molecule has 0 aliphatic carbocycles. The predicted molar refractivity (Wildman–Crippen MR) is 44.0 cm³/mol. The lowest BCUT2D eigenvalue weighted by Gasteiger charge is -1.92. The van der Waals surface area contributed by atoms with Gasteiger partial charge in [0.25, 0.3) is 0 Å². The van der Waals surface area contributed by atoms with Crippen molar-refractivity contribution >= 4 is 0 Å². The minimum atomic E-state index is 1.23. The van der Waals surface area contributed by atoms with Crippen molar-refractivity contribution in [1.29, 1.82) is 0 Å². The highest BCUT2D eigenvalue weighted by molar-refractivity contribution is 5.09. The second-order valence-electron chi connectivity index (χ2n) is 2.79. The Bertz CT molecular complexity index is 188. The fraction of sp³-hybridized carbons (Fsp3) is 0.556. The van der Waals surface area contributed by atoms with Gasteiger partial charge >= 0.3 is 0 Å². The Labute approximate surface area is 62.7 Å². The van der Waals surface area contributed by atoms with Crippen LogP contribution in [0.25, 0.3) is 0 Å². The van der Waals surface area contributed by atoms with Gasteiger partial charge in [0.1, 0.15) is 0 Å². The van der Waals surface area contributed by atoms with Crippen LogP contribution in [0.15, 0.2) is 18.5 Å². The number of nitrogens with zero attached hydrogens (tertiary/aromatic N) is 1. The molecule has 1 aromatic rings. The molecule has 0 spiro atoms. The predicted octanol–water partition coefficient (Wildman–Crippen LogP) is 2.37. The third-order valence-electron chi connectivity index (χ3n) is 1.71. The van der Waals surface area contributed by atoms with Crippen molar-refractivity contribution in [3.63, 3.8) is 0 Å². The van der Waals surface area contributed by atoms with Crippen LogP contribution in [0.1, 0.15) is 25.3 Å². The van der Waals surface area contributed by atoms with Crippen molar-refractivity contribution in [3.8, 4) is 0 Å². The summed E-state index contributed by atoms with van der Waals surface area (Å²) in [6.07, 6.45) is 8.12. The maximum absolute atomic E-state index is 2.23. The zero-order valence-corrected chi connectivity index (χ0v) is 6.80. The Morgan fingerprint density at radius 3 is 2.80 bits per heavy atom. The van der Waals surface area contributed by atoms with Gasteiger partial charge in [0, 0.05) is 19.4 Å². The molecule has 0 radical (unpaired) electrons. The maximum Gasteiger partial charge on any atom is 0.0106 e. The number of aryl methyl sites for hydroxylation is 2. The van der Waals surface area contributed by atoms with Crippen LogP contribution in [-0.4, -0.2) is 4.57 Å². The molecular weight excluding hydrogens is 122 g/mol. The van der Waals surface area contributed by atoms with Gasteiger partial charge in [-0.15, -0.1) is 0 Å². The smallest absolute Gasteiger partial charge is 0.0106 e. The minimum Gasteiger partial charge on any atom is -0.357 e. The first kappa shape index (κ1) is 7.39. The molecule has 0 aliphatic heterocycles. The van der Waals surface area contributed by atoms with E-state index in [9.17, 15) is 0 Å². The Morgan fingerprint density at radius 2 is 2.30 bits per heavy atom. The van der Waals surface area contributed by atoms with Crippen molar-refractivity contribution in [2.24, 2.45) is 7.05 Å². The standard InChI is InChI=1S/C9H15N/c1-3-4-5-9-6-7-10(2)8-9/h6-8H,3-5H2,1-2H3. The minimum absolute atomic E-state index is 1.23. The van der Waals surface area contributed by atoms with E-state index in [1.165, 1.54) is 24.8 Å². The Morgan fingerprint density at radius 1 is 1.50 bits per heavy atom. The quantitative estimate of drug-likeness (QED) is 0.602. The number of unbranched alkanes of at least 4 members (excludes halogenated alkanes) is 1. The molecule has 56 valence electrons. The van der Waals surface area contributed by atoms with Gasteiger partial charge in [0.05, 0.1) is 0 Å². The summed E-state index contributed by atoms with van der Waals surface area (Å²) in [7, 11) is 2.06. The summed E-state index contributed by atoms with van der Waals surface area (Å²) in [6, 6.07) is 2.19. The summed E-state index contributed by atoms with van der Waals surface area (Å²) in [5, 5.41) is 0. The van der Waals surface area contributed by atoms with E-state index in [1.54, 1.807) is 0 Å². The van der Waals surface area contributed by atoms with Crippen molar-refractivity contribution in [2.75, 3.05) is 0 Å². The number of aromatic nitrogens is 1. The van der Waals surface area contributed by atoms with Crippen LogP contribution in [0, 0.1) is 0 Å². The van der Waals surface area contributed by atoms with E-state index in [1.807, 2.05) is 0 Å². The first-order valence-corrected chi connectivity index (χ1v) is 3.93. The molecular formula is C9H15N. The van der Waals surface area contributed by atoms with Gasteiger partial charge in [-0.05, 0) is 24.5 Å². The molecule has 0 N–H and O–H groups in total. The van der Waals surface area contributed by atoms with E-state index >= 15 is 0 Å². The molecule has 1 heterocycles. The van der Waals surface area contributed by atoms with Crippen LogP contribution in [-0.2, 0) is 13.5 Å². The molecule has 1 nitrogen and oxygen atoms in total. The lowest BCUT2D eigenvalue weighted by molar-refractivity contribution is 0.791. The number of rotatable bonds is 3. The normalized spacial score (nSPS) is 10.2. The summed E-state index contributed by atoms with van der Waals surface area (Å²) < 4.78 is 2.10. The first-order valence-electron chi connectivity index (χ1n) is 3.93. The average molecular weight is 137 g/mol. The molecule has 0 fully saturated rings. The van der Waals surface area contributed by atoms with Gasteiger partial charge in [-0.25, -0.2) is 0 Å². The van der Waals surface area contributed by atoms with Gasteiger partial charge in [-0.1, -0.05) is 13.3 Å². The fourth-order valence-corrected chi connectivity index (χ4v) is 1.09. The van der Waals surface area contributed by atoms with Crippen LogP contribution in [0.5, 0.6) is 0 Å². The second-order valence-corrected chi connectivity index (χ2v) is 2.79. The first-order chi connectivity index (χ1) is 4.83. The molecule has 0 unspecified atom stereocenters. The molecule has 0 atom stereocenters. The molecule has 10 heavy (non-hydrogen) atoms. The van der Waals surface area contributed by atoms with Crippen LogP contribution in [0.4, 0.5) is 0 Å². The van der Waals surface area contributed by atoms with Crippen LogP contribution in [0.2, 0.25) is 0 Å². The maximum atomic E-state index is 2.23. The zero-order valence-electron chi connectivity index (χ0n) is 6.80. The third-order valence-corrected chi connectivity index (χ3v) is 1.71. The SMILES string of the molecule is CCCCc1ccn(C)c1. The van der Waals surface area contributed by atoms with Crippen molar-refractivity contribution in [3.05, 3.63) is 24.0 Å². The molecule has 1 heteroatoms. The molecule has 0 aromatic carbocycles. The second kappa shape index (κ2) is 3.45. The summed E-state index contributed by atoms with van der Waals surface area (Å²) >= 11 is 0. The largest absolute Gasteiger partial charge is 0.357 e. The third kappa shape index (κ3) is 1.90. The molecule has 0 saturated heterocycles. The zero-order chi connectivity index (χ0) is 7.40. The van der Waals surface area contributed by atoms with Crippen LogP contribution < -0.4 is 0 Å². The van der Waals surface area contributed by atoms with Gasteiger partial charge in [-0.2, -0.15) is 0 Å². The highest BCUT2D eigenvalue weighted by atomic mass is 14.9. The topological polar surface area (TPSA) is 4.93 Å². The molecule has 0 saturated carbocycles. The van der Waals surface area contributed by atoms with Gasteiger partial charge in [0.15, 0.2) is 0 Å². The Hall–Kier alpha value is -0.720. The molecule has 1 rings (SSSR count). The number of hydrogen-bond donors (Lipinski definition) is 0. The molecule has 0 bridgehead atoms. The van der Waals surface area contributed by atoms with Crippen LogP contribution >= 0.6 is 0 Å². The molecule has 1 aromatic heterocycles. The summed E-state index contributed by atoms with van der Waals surface area (Å²) in [6.45, 7) is 2.23. The lowest BCUT2D eigenvalue weighted by Crippen LogP contribution is -1.82. The lowest BCUT2D eigenvalue weighted by atomic mass is 10.2.